The van der Waals surface area contributed by atoms with Gasteiger partial charge in [0.2, 0.25) is 0 Å². The number of rotatable bonds is 7. The van der Waals surface area contributed by atoms with E-state index in [0.29, 0.717) is 11.4 Å². The highest BCUT2D eigenvalue weighted by Gasteiger charge is 2.12. The number of aromatic hydroxyl groups is 3. The van der Waals surface area contributed by atoms with Crippen LogP contribution in [0.1, 0.15) is 24.0 Å². The highest BCUT2D eigenvalue weighted by Crippen LogP contribution is 2.35. The zero-order valence-electron chi connectivity index (χ0n) is 29.1. The summed E-state index contributed by atoms with van der Waals surface area (Å²) < 4.78 is 2.08. The number of aromatic nitrogens is 1. The maximum atomic E-state index is 11.0. The van der Waals surface area contributed by atoms with Crippen LogP contribution in [0.3, 0.4) is 0 Å². The van der Waals surface area contributed by atoms with Crippen LogP contribution in [-0.2, 0) is 7.05 Å². The molecule has 8 heteroatoms. The van der Waals surface area contributed by atoms with Gasteiger partial charge < -0.3 is 19.9 Å². The Labute approximate surface area is 305 Å². The molecule has 8 aromatic rings. The lowest BCUT2D eigenvalue weighted by Gasteiger charge is -2.09. The van der Waals surface area contributed by atoms with Gasteiger partial charge in [0.15, 0.2) is 0 Å². The van der Waals surface area contributed by atoms with Gasteiger partial charge in [-0.15, -0.1) is 20.5 Å². The van der Waals surface area contributed by atoms with Crippen molar-refractivity contribution < 1.29 is 15.3 Å². The van der Waals surface area contributed by atoms with Crippen molar-refractivity contribution in [3.63, 3.8) is 0 Å². The fourth-order valence-electron chi connectivity index (χ4n) is 6.76. The van der Waals surface area contributed by atoms with Gasteiger partial charge in [0, 0.05) is 45.2 Å². The van der Waals surface area contributed by atoms with Crippen LogP contribution in [0.5, 0.6) is 17.2 Å². The maximum Gasteiger partial charge on any atom is 0.143 e. The minimum Gasteiger partial charge on any atom is -0.508 e. The zero-order chi connectivity index (χ0) is 36.5. The average molecular weight is 694 g/mol. The second-order valence-corrected chi connectivity index (χ2v) is 13.1. The topological polar surface area (TPSA) is 115 Å². The van der Waals surface area contributed by atoms with E-state index in [0.717, 1.165) is 65.5 Å². The lowest BCUT2D eigenvalue weighted by atomic mass is 9.99. The van der Waals surface area contributed by atoms with E-state index in [1.807, 2.05) is 116 Å². The Morgan fingerprint density at radius 3 is 1.74 bits per heavy atom. The number of fused-ring (bicyclic) bond motifs is 3. The standard InChI is InChI=1S/C45H35N5O3/c1-28(32-18-21-41(45(53)26-32)49-47-39-16-8-12-31-10-4-6-14-35(31)39)23-43-36(37-27-33(51)19-22-42(37)50(43)2)24-29-17-20-40(44(52)25-29)48-46-38-15-7-11-30-9-3-5-13-34(30)38/h3-28,51-53H,1-2H3/b36-24-,43-23-,48-46+,49-47+. The van der Waals surface area contributed by atoms with Crippen molar-refractivity contribution in [3.05, 3.63) is 161 Å². The zero-order valence-corrected chi connectivity index (χ0v) is 29.1. The molecule has 0 bridgehead atoms. The Kier molecular flexibility index (Phi) is 8.70. The minimum absolute atomic E-state index is 0.00196. The van der Waals surface area contributed by atoms with Crippen molar-refractivity contribution in [1.29, 1.82) is 0 Å². The van der Waals surface area contributed by atoms with E-state index in [-0.39, 0.29) is 23.2 Å². The third kappa shape index (κ3) is 6.61. The van der Waals surface area contributed by atoms with Crippen LogP contribution in [0.25, 0.3) is 44.6 Å². The first-order valence-electron chi connectivity index (χ1n) is 17.3. The maximum absolute atomic E-state index is 11.0. The first-order valence-corrected chi connectivity index (χ1v) is 17.3. The molecular formula is C45H35N5O3. The number of hydrogen-bond acceptors (Lipinski definition) is 7. The highest BCUT2D eigenvalue weighted by molar-refractivity contribution is 5.93. The van der Waals surface area contributed by atoms with Gasteiger partial charge >= 0.3 is 0 Å². The molecular weight excluding hydrogens is 659 g/mol. The summed E-state index contributed by atoms with van der Waals surface area (Å²) >= 11 is 0. The molecule has 0 aliphatic heterocycles. The van der Waals surface area contributed by atoms with E-state index < -0.39 is 0 Å². The van der Waals surface area contributed by atoms with Crippen molar-refractivity contribution in [2.75, 3.05) is 0 Å². The molecule has 8 rings (SSSR count). The molecule has 53 heavy (non-hydrogen) atoms. The third-order valence-corrected chi connectivity index (χ3v) is 9.58. The van der Waals surface area contributed by atoms with Gasteiger partial charge in [-0.05, 0) is 82.6 Å². The van der Waals surface area contributed by atoms with Gasteiger partial charge in [-0.25, -0.2) is 0 Å². The molecule has 0 aliphatic carbocycles. The molecule has 0 radical (unpaired) electrons. The lowest BCUT2D eigenvalue weighted by Crippen LogP contribution is -2.28. The molecule has 1 unspecified atom stereocenters. The molecule has 1 atom stereocenters. The Balaban J connectivity index is 1.13. The first-order chi connectivity index (χ1) is 25.8. The van der Waals surface area contributed by atoms with Crippen LogP contribution in [0, 0.1) is 0 Å². The van der Waals surface area contributed by atoms with Crippen LogP contribution in [0.15, 0.2) is 160 Å². The summed E-state index contributed by atoms with van der Waals surface area (Å²) in [6.45, 7) is 2.06. The molecule has 3 N–H and O–H groups in total. The van der Waals surface area contributed by atoms with Gasteiger partial charge in [-0.1, -0.05) is 97.9 Å². The van der Waals surface area contributed by atoms with Crippen molar-refractivity contribution in [2.45, 2.75) is 12.8 Å². The summed E-state index contributed by atoms with van der Waals surface area (Å²) in [5.41, 5.74) is 4.76. The predicted octanol–water partition coefficient (Wildman–Crippen LogP) is 10.8. The molecule has 8 nitrogen and oxygen atoms in total. The molecule has 0 spiro atoms. The van der Waals surface area contributed by atoms with Crippen molar-refractivity contribution in [3.8, 4) is 17.2 Å². The summed E-state index contributed by atoms with van der Waals surface area (Å²) in [4.78, 5) is 0. The minimum atomic E-state index is -0.112. The van der Waals surface area contributed by atoms with Gasteiger partial charge in [0.1, 0.15) is 28.6 Å². The second-order valence-electron chi connectivity index (χ2n) is 13.1. The average Bonchev–Trinajstić information content (AvgIpc) is 3.42. The van der Waals surface area contributed by atoms with Gasteiger partial charge in [-0.2, -0.15) is 0 Å². The summed E-state index contributed by atoms with van der Waals surface area (Å²) in [5.74, 6) is 0.0769. The van der Waals surface area contributed by atoms with E-state index in [4.69, 9.17) is 0 Å². The second kappa shape index (κ2) is 13.9. The van der Waals surface area contributed by atoms with Gasteiger partial charge in [0.05, 0.1) is 11.4 Å². The SMILES string of the molecule is CC(/C=c1/c(=C\c2ccc(/N=N/c3cccc4ccccc34)c(O)c2)c2cc(O)ccc2n1C)c1ccc(/N=N/c2cccc3ccccc23)c(O)c1. The summed E-state index contributed by atoms with van der Waals surface area (Å²) in [5, 5.41) is 56.9. The van der Waals surface area contributed by atoms with Crippen molar-refractivity contribution in [1.82, 2.24) is 4.57 Å². The van der Waals surface area contributed by atoms with E-state index >= 15 is 0 Å². The van der Waals surface area contributed by atoms with E-state index in [2.05, 4.69) is 38.0 Å². The quantitative estimate of drug-likeness (QED) is 0.144. The third-order valence-electron chi connectivity index (χ3n) is 9.58. The smallest absolute Gasteiger partial charge is 0.143 e. The van der Waals surface area contributed by atoms with Crippen LogP contribution < -0.4 is 10.6 Å². The molecule has 0 saturated heterocycles. The van der Waals surface area contributed by atoms with Crippen LogP contribution in [0.2, 0.25) is 0 Å². The molecule has 0 fully saturated rings. The molecule has 1 aromatic heterocycles. The van der Waals surface area contributed by atoms with Crippen molar-refractivity contribution in [2.24, 2.45) is 27.5 Å². The number of phenols is 3. The van der Waals surface area contributed by atoms with Gasteiger partial charge in [-0.3, -0.25) is 0 Å². The number of benzene rings is 7. The molecule has 1 heterocycles. The Hall–Kier alpha value is -7.06. The predicted molar refractivity (Wildman–Crippen MR) is 213 cm³/mol. The summed E-state index contributed by atoms with van der Waals surface area (Å²) in [6.07, 6.45) is 4.11. The largest absolute Gasteiger partial charge is 0.508 e. The molecule has 258 valence electrons. The van der Waals surface area contributed by atoms with E-state index in [9.17, 15) is 15.3 Å². The Morgan fingerprint density at radius 2 is 1.11 bits per heavy atom. The van der Waals surface area contributed by atoms with Crippen LogP contribution >= 0.6 is 0 Å². The number of azo groups is 2. The summed E-state index contributed by atoms with van der Waals surface area (Å²) in [6, 6.07) is 43.7. The fraction of sp³-hybridized carbons (Fsp3) is 0.0667. The molecule has 0 aliphatic rings. The first kappa shape index (κ1) is 33.1. The Bertz CT molecular complexity index is 2860. The fourth-order valence-corrected chi connectivity index (χ4v) is 6.76. The van der Waals surface area contributed by atoms with Gasteiger partial charge in [0.25, 0.3) is 0 Å². The van der Waals surface area contributed by atoms with Crippen molar-refractivity contribution >= 4 is 67.3 Å². The number of nitrogens with zero attached hydrogens (tertiary/aromatic N) is 5. The van der Waals surface area contributed by atoms with Crippen LogP contribution in [-0.4, -0.2) is 19.9 Å². The molecule has 0 amide bonds. The number of aryl methyl sites for hydroxylation is 1. The number of phenolic OH excluding ortho intramolecular Hbond substituents is 3. The van der Waals surface area contributed by atoms with E-state index in [1.165, 1.54) is 0 Å². The Morgan fingerprint density at radius 1 is 0.547 bits per heavy atom. The number of hydrogen-bond donors (Lipinski definition) is 3. The normalized spacial score (nSPS) is 13.3. The monoisotopic (exact) mass is 693 g/mol. The summed E-state index contributed by atoms with van der Waals surface area (Å²) in [7, 11) is 1.98. The van der Waals surface area contributed by atoms with Crippen LogP contribution in [0.4, 0.5) is 22.7 Å². The highest BCUT2D eigenvalue weighted by atomic mass is 16.3. The lowest BCUT2D eigenvalue weighted by molar-refractivity contribution is 0.475. The molecule has 0 saturated carbocycles. The molecule has 7 aromatic carbocycles. The van der Waals surface area contributed by atoms with E-state index in [1.54, 1.807) is 36.4 Å².